The Bertz CT molecular complexity index is 606. The van der Waals surface area contributed by atoms with E-state index in [1.54, 1.807) is 6.20 Å². The van der Waals surface area contributed by atoms with Crippen molar-refractivity contribution in [3.63, 3.8) is 0 Å². The molecule has 0 saturated heterocycles. The maximum absolute atomic E-state index is 12.2. The fourth-order valence-electron chi connectivity index (χ4n) is 2.21. The van der Waals surface area contributed by atoms with Gasteiger partial charge in [-0.25, -0.2) is 4.98 Å². The third-order valence-corrected chi connectivity index (χ3v) is 4.47. The second-order valence-electron chi connectivity index (χ2n) is 4.97. The molecular weight excluding hydrogens is 270 g/mol. The number of fused-ring (bicyclic) bond motifs is 1. The number of pyridine rings is 1. The van der Waals surface area contributed by atoms with Crippen LogP contribution in [-0.4, -0.2) is 17.4 Å². The van der Waals surface area contributed by atoms with Crippen molar-refractivity contribution in [2.75, 3.05) is 12.3 Å². The summed E-state index contributed by atoms with van der Waals surface area (Å²) >= 11 is 1.37. The van der Waals surface area contributed by atoms with Gasteiger partial charge < -0.3 is 11.1 Å². The molecule has 2 aromatic heterocycles. The number of unbranched alkanes of at least 4 members (excludes halogenated alkanes) is 3. The summed E-state index contributed by atoms with van der Waals surface area (Å²) in [4.78, 5) is 17.9. The quantitative estimate of drug-likeness (QED) is 0.800. The van der Waals surface area contributed by atoms with Crippen LogP contribution in [0.5, 0.6) is 0 Å². The number of carbonyl (C=O) groups is 1. The van der Waals surface area contributed by atoms with Gasteiger partial charge in [-0.3, -0.25) is 4.79 Å². The predicted octanol–water partition coefficient (Wildman–Crippen LogP) is 3.50. The Morgan fingerprint density at radius 3 is 2.90 bits per heavy atom. The minimum absolute atomic E-state index is 0.0820. The zero-order valence-corrected chi connectivity index (χ0v) is 12.8. The van der Waals surface area contributed by atoms with Crippen molar-refractivity contribution in [3.05, 3.63) is 22.7 Å². The van der Waals surface area contributed by atoms with E-state index in [1.165, 1.54) is 24.2 Å². The number of amides is 1. The maximum Gasteiger partial charge on any atom is 0.263 e. The van der Waals surface area contributed by atoms with Gasteiger partial charge >= 0.3 is 0 Å². The lowest BCUT2D eigenvalue weighted by Gasteiger charge is -2.04. The van der Waals surface area contributed by atoms with E-state index in [9.17, 15) is 4.79 Å². The summed E-state index contributed by atoms with van der Waals surface area (Å²) in [5.41, 5.74) is 7.72. The molecule has 0 radical (unpaired) electrons. The summed E-state index contributed by atoms with van der Waals surface area (Å²) in [6, 6.07) is 1.91. The van der Waals surface area contributed by atoms with Crippen LogP contribution < -0.4 is 11.1 Å². The molecule has 20 heavy (non-hydrogen) atoms. The highest BCUT2D eigenvalue weighted by molar-refractivity contribution is 7.21. The van der Waals surface area contributed by atoms with Gasteiger partial charge in [-0.05, 0) is 25.0 Å². The number of hydrogen-bond acceptors (Lipinski definition) is 4. The molecule has 2 aromatic rings. The molecule has 3 N–H and O–H groups in total. The van der Waals surface area contributed by atoms with E-state index in [2.05, 4.69) is 17.2 Å². The minimum atomic E-state index is -0.0820. The molecule has 108 valence electrons. The van der Waals surface area contributed by atoms with E-state index in [-0.39, 0.29) is 5.91 Å². The second kappa shape index (κ2) is 6.70. The molecular formula is C15H21N3OS. The van der Waals surface area contributed by atoms with Crippen LogP contribution in [0.2, 0.25) is 0 Å². The Kier molecular flexibility index (Phi) is 4.95. The topological polar surface area (TPSA) is 68.0 Å². The van der Waals surface area contributed by atoms with E-state index in [0.717, 1.165) is 28.6 Å². The van der Waals surface area contributed by atoms with Crippen molar-refractivity contribution in [2.45, 2.75) is 39.5 Å². The van der Waals surface area contributed by atoms with Gasteiger partial charge in [-0.2, -0.15) is 0 Å². The number of nitrogens with zero attached hydrogens (tertiary/aromatic N) is 1. The number of hydrogen-bond donors (Lipinski definition) is 2. The van der Waals surface area contributed by atoms with Gasteiger partial charge in [0, 0.05) is 18.1 Å². The summed E-state index contributed by atoms with van der Waals surface area (Å²) in [7, 11) is 0. The van der Waals surface area contributed by atoms with Crippen molar-refractivity contribution in [3.8, 4) is 0 Å². The van der Waals surface area contributed by atoms with E-state index < -0.39 is 0 Å². The molecule has 2 heterocycles. The Hall–Kier alpha value is -1.62. The molecule has 0 unspecified atom stereocenters. The Morgan fingerprint density at radius 2 is 2.20 bits per heavy atom. The summed E-state index contributed by atoms with van der Waals surface area (Å²) in [5.74, 6) is -0.0820. The van der Waals surface area contributed by atoms with E-state index >= 15 is 0 Å². The number of nitrogens with one attached hydrogen (secondary N) is 1. The smallest absolute Gasteiger partial charge is 0.263 e. The van der Waals surface area contributed by atoms with Crippen LogP contribution in [0.25, 0.3) is 10.2 Å². The summed E-state index contributed by atoms with van der Waals surface area (Å²) in [6.07, 6.45) is 6.33. The van der Waals surface area contributed by atoms with Crippen LogP contribution in [0.4, 0.5) is 5.69 Å². The van der Waals surface area contributed by atoms with Gasteiger partial charge in [-0.15, -0.1) is 11.3 Å². The lowest BCUT2D eigenvalue weighted by molar-refractivity contribution is 0.0958. The van der Waals surface area contributed by atoms with Crippen molar-refractivity contribution in [1.82, 2.24) is 10.3 Å². The van der Waals surface area contributed by atoms with Gasteiger partial charge in [0.15, 0.2) is 0 Å². The highest BCUT2D eigenvalue weighted by atomic mass is 32.1. The molecule has 1 amide bonds. The Balaban J connectivity index is 2.07. The van der Waals surface area contributed by atoms with Crippen LogP contribution in [0, 0.1) is 6.92 Å². The molecule has 0 atom stereocenters. The predicted molar refractivity (Wildman–Crippen MR) is 85.2 cm³/mol. The lowest BCUT2D eigenvalue weighted by atomic mass is 10.1. The van der Waals surface area contributed by atoms with Crippen molar-refractivity contribution >= 4 is 33.1 Å². The zero-order valence-electron chi connectivity index (χ0n) is 12.0. The summed E-state index contributed by atoms with van der Waals surface area (Å²) < 4.78 is 0. The minimum Gasteiger partial charge on any atom is -0.397 e. The number of aryl methyl sites for hydroxylation is 1. The summed E-state index contributed by atoms with van der Waals surface area (Å²) in [5, 5.41) is 3.85. The van der Waals surface area contributed by atoms with E-state index in [1.807, 2.05) is 13.0 Å². The molecule has 0 aromatic carbocycles. The van der Waals surface area contributed by atoms with E-state index in [0.29, 0.717) is 17.1 Å². The molecule has 0 bridgehead atoms. The molecule has 2 rings (SSSR count). The fourth-order valence-corrected chi connectivity index (χ4v) is 3.26. The standard InChI is InChI=1S/C15H21N3OS/c1-3-4-5-6-8-17-14(19)13-12(16)11-10(2)7-9-18-15(11)20-13/h7,9H,3-6,8,16H2,1-2H3,(H,17,19). The van der Waals surface area contributed by atoms with Gasteiger partial charge in [0.05, 0.1) is 5.69 Å². The molecule has 0 spiro atoms. The number of anilines is 1. The number of aromatic nitrogens is 1. The van der Waals surface area contributed by atoms with Crippen molar-refractivity contribution in [2.24, 2.45) is 0 Å². The Labute approximate surface area is 123 Å². The van der Waals surface area contributed by atoms with Gasteiger partial charge in [0.2, 0.25) is 0 Å². The fraction of sp³-hybridized carbons (Fsp3) is 0.467. The number of nitrogen functional groups attached to an aromatic ring is 1. The van der Waals surface area contributed by atoms with Crippen LogP contribution >= 0.6 is 11.3 Å². The van der Waals surface area contributed by atoms with Gasteiger partial charge in [-0.1, -0.05) is 26.2 Å². The molecule has 4 nitrogen and oxygen atoms in total. The van der Waals surface area contributed by atoms with Crippen LogP contribution in [0.15, 0.2) is 12.3 Å². The van der Waals surface area contributed by atoms with E-state index in [4.69, 9.17) is 5.73 Å². The normalized spacial score (nSPS) is 10.9. The summed E-state index contributed by atoms with van der Waals surface area (Å²) in [6.45, 7) is 4.87. The zero-order chi connectivity index (χ0) is 14.5. The van der Waals surface area contributed by atoms with Crippen molar-refractivity contribution in [1.29, 1.82) is 0 Å². The first kappa shape index (κ1) is 14.8. The first-order chi connectivity index (χ1) is 9.65. The van der Waals surface area contributed by atoms with Crippen LogP contribution in [-0.2, 0) is 0 Å². The highest BCUT2D eigenvalue weighted by Gasteiger charge is 2.17. The third kappa shape index (κ3) is 3.10. The third-order valence-electron chi connectivity index (χ3n) is 3.36. The largest absolute Gasteiger partial charge is 0.397 e. The monoisotopic (exact) mass is 291 g/mol. The number of nitrogens with two attached hydrogens (primary N) is 1. The first-order valence-corrected chi connectivity index (χ1v) is 7.88. The van der Waals surface area contributed by atoms with Gasteiger partial charge in [0.1, 0.15) is 9.71 Å². The lowest BCUT2D eigenvalue weighted by Crippen LogP contribution is -2.24. The second-order valence-corrected chi connectivity index (χ2v) is 5.97. The maximum atomic E-state index is 12.2. The van der Waals surface area contributed by atoms with Crippen molar-refractivity contribution < 1.29 is 4.79 Å². The number of carbonyl (C=O) groups excluding carboxylic acids is 1. The number of rotatable bonds is 6. The molecule has 0 fully saturated rings. The molecule has 0 aliphatic carbocycles. The molecule has 0 saturated carbocycles. The van der Waals surface area contributed by atoms with Crippen LogP contribution in [0.3, 0.4) is 0 Å². The molecule has 5 heteroatoms. The Morgan fingerprint density at radius 1 is 1.40 bits per heavy atom. The average molecular weight is 291 g/mol. The number of thiophene rings is 1. The van der Waals surface area contributed by atoms with Crippen LogP contribution in [0.1, 0.15) is 47.8 Å². The molecule has 0 aliphatic rings. The van der Waals surface area contributed by atoms with Gasteiger partial charge in [0.25, 0.3) is 5.91 Å². The first-order valence-electron chi connectivity index (χ1n) is 7.07. The molecule has 0 aliphatic heterocycles. The average Bonchev–Trinajstić information content (AvgIpc) is 2.77. The SMILES string of the molecule is CCCCCCNC(=O)c1sc2nccc(C)c2c1N. The highest BCUT2D eigenvalue weighted by Crippen LogP contribution is 2.34.